The van der Waals surface area contributed by atoms with Crippen molar-refractivity contribution < 1.29 is 20.8 Å². The predicted octanol–water partition coefficient (Wildman–Crippen LogP) is 3.58. The van der Waals surface area contributed by atoms with Crippen LogP contribution in [0.2, 0.25) is 0 Å². The number of halogens is 3. The fourth-order valence-electron chi connectivity index (χ4n) is 3.56. The van der Waals surface area contributed by atoms with Crippen LogP contribution in [0.15, 0.2) is 18.3 Å². The highest BCUT2D eigenvalue weighted by molar-refractivity contribution is 5.74. The number of pyridine rings is 1. The molecule has 0 aliphatic heterocycles. The van der Waals surface area contributed by atoms with Crippen molar-refractivity contribution in [3.8, 4) is 0 Å². The smallest absolute Gasteiger partial charge is 0.335 e. The van der Waals surface area contributed by atoms with E-state index < -0.39 is 11.9 Å². The highest BCUT2D eigenvalue weighted by Crippen LogP contribution is 2.44. The van der Waals surface area contributed by atoms with Gasteiger partial charge in [0.15, 0.2) is 0 Å². The molecule has 2 bridgehead atoms. The summed E-state index contributed by atoms with van der Waals surface area (Å²) in [7, 11) is 0. The van der Waals surface area contributed by atoms with Gasteiger partial charge in [-0.1, -0.05) is 6.42 Å². The van der Waals surface area contributed by atoms with E-state index in [9.17, 15) is 18.0 Å². The minimum absolute atomic E-state index is 0. The van der Waals surface area contributed by atoms with Gasteiger partial charge in [-0.25, -0.2) is 4.79 Å². The molecule has 2 saturated carbocycles. The zero-order chi connectivity index (χ0) is 15.7. The van der Waals surface area contributed by atoms with Crippen molar-refractivity contribution in [1.82, 2.24) is 15.6 Å². The third kappa shape index (κ3) is 3.34. The van der Waals surface area contributed by atoms with Crippen LogP contribution in [0, 0.1) is 11.8 Å². The van der Waals surface area contributed by atoms with Crippen LogP contribution in [0.1, 0.15) is 39.8 Å². The Balaban J connectivity index is 0.00000144. The molecule has 4 nitrogen and oxygen atoms in total. The van der Waals surface area contributed by atoms with Crippen LogP contribution in [0.4, 0.5) is 18.0 Å². The van der Waals surface area contributed by atoms with Crippen molar-refractivity contribution in [2.75, 3.05) is 0 Å². The van der Waals surface area contributed by atoms with Crippen molar-refractivity contribution in [1.29, 1.82) is 0 Å². The maximum absolute atomic E-state index is 12.6. The zero-order valence-corrected chi connectivity index (χ0v) is 12.0. The second kappa shape index (κ2) is 5.78. The van der Waals surface area contributed by atoms with Gasteiger partial charge >= 0.3 is 12.2 Å². The van der Waals surface area contributed by atoms with Gasteiger partial charge in [0.1, 0.15) is 5.69 Å². The highest BCUT2D eigenvalue weighted by Gasteiger charge is 2.40. The summed E-state index contributed by atoms with van der Waals surface area (Å²) in [5.74, 6) is 1.29. The first-order valence-corrected chi connectivity index (χ1v) is 7.48. The maximum atomic E-state index is 12.6. The Morgan fingerprint density at radius 3 is 2.82 bits per heavy atom. The molecule has 2 fully saturated rings. The summed E-state index contributed by atoms with van der Waals surface area (Å²) in [6, 6.07) is 2.31. The second-order valence-electron chi connectivity index (χ2n) is 6.16. The van der Waals surface area contributed by atoms with Crippen molar-refractivity contribution in [2.24, 2.45) is 11.8 Å². The van der Waals surface area contributed by atoms with Crippen molar-refractivity contribution in [2.45, 2.75) is 44.4 Å². The minimum Gasteiger partial charge on any atom is -0.335 e. The lowest BCUT2D eigenvalue weighted by molar-refractivity contribution is -0.141. The summed E-state index contributed by atoms with van der Waals surface area (Å²) in [6.45, 7) is 0.0538. The van der Waals surface area contributed by atoms with E-state index in [1.165, 1.54) is 18.9 Å². The first-order chi connectivity index (χ1) is 10.4. The Labute approximate surface area is 129 Å². The minimum atomic E-state index is -4.47. The summed E-state index contributed by atoms with van der Waals surface area (Å²) in [5.41, 5.74) is -0.564. The summed E-state index contributed by atoms with van der Waals surface area (Å²) >= 11 is 0. The standard InChI is InChI=1S/C15H18F3N3O.2H2/c16-15(17,18)13-7-10(3-4-19-13)8-20-14(22)21-12-6-9-1-2-11(12)5-9;;/h3-4,7,9,11-12H,1-2,5-6,8H2,(H2,20,21,22);2*1H/t9?,11-,12-;;/m0../s1. The Morgan fingerprint density at radius 1 is 1.36 bits per heavy atom. The molecule has 2 aliphatic carbocycles. The summed E-state index contributed by atoms with van der Waals surface area (Å²) in [6.07, 6.45) is 1.25. The molecule has 1 heterocycles. The normalized spacial score (nSPS) is 27.0. The maximum Gasteiger partial charge on any atom is 0.433 e. The van der Waals surface area contributed by atoms with Gasteiger partial charge < -0.3 is 10.6 Å². The van der Waals surface area contributed by atoms with Crippen LogP contribution in [-0.2, 0) is 12.7 Å². The first kappa shape index (κ1) is 15.1. The zero-order valence-electron chi connectivity index (χ0n) is 12.0. The lowest BCUT2D eigenvalue weighted by atomic mass is 9.95. The number of amides is 2. The van der Waals surface area contributed by atoms with E-state index in [0.717, 1.165) is 31.0 Å². The van der Waals surface area contributed by atoms with Gasteiger partial charge in [-0.3, -0.25) is 4.98 Å². The molecule has 0 radical (unpaired) electrons. The summed E-state index contributed by atoms with van der Waals surface area (Å²) < 4.78 is 37.7. The molecule has 124 valence electrons. The number of alkyl halides is 3. The second-order valence-corrected chi connectivity index (χ2v) is 6.16. The SMILES string of the molecule is O=C(NCc1ccnc(C(F)(F)F)c1)N[C@H]1CC2CC[C@H]1C2.[HH].[HH]. The number of carbonyl (C=O) groups is 1. The molecule has 1 aromatic rings. The number of fused-ring (bicyclic) bond motifs is 2. The van der Waals surface area contributed by atoms with Crippen LogP contribution in [0.25, 0.3) is 0 Å². The van der Waals surface area contributed by atoms with Gasteiger partial charge in [0.05, 0.1) is 0 Å². The summed E-state index contributed by atoms with van der Waals surface area (Å²) in [5, 5.41) is 5.56. The molecule has 7 heteroatoms. The molecule has 0 spiro atoms. The molecular formula is C15H22F3N3O. The van der Waals surface area contributed by atoms with E-state index in [2.05, 4.69) is 15.6 Å². The Kier molecular flexibility index (Phi) is 3.97. The molecular weight excluding hydrogens is 295 g/mol. The Morgan fingerprint density at radius 2 is 2.18 bits per heavy atom. The highest BCUT2D eigenvalue weighted by atomic mass is 19.4. The number of nitrogens with zero attached hydrogens (tertiary/aromatic N) is 1. The van der Waals surface area contributed by atoms with Gasteiger partial charge in [-0.05, 0) is 48.8 Å². The molecule has 3 rings (SSSR count). The van der Waals surface area contributed by atoms with E-state index in [4.69, 9.17) is 0 Å². The van der Waals surface area contributed by atoms with Gasteiger partial charge in [0, 0.05) is 21.6 Å². The number of urea groups is 1. The average Bonchev–Trinajstić information content (AvgIpc) is 3.07. The van der Waals surface area contributed by atoms with E-state index >= 15 is 0 Å². The number of aromatic nitrogens is 1. The number of carbonyl (C=O) groups excluding carboxylic acids is 1. The van der Waals surface area contributed by atoms with Crippen molar-refractivity contribution in [3.05, 3.63) is 29.6 Å². The largest absolute Gasteiger partial charge is 0.433 e. The van der Waals surface area contributed by atoms with E-state index in [1.54, 1.807) is 0 Å². The molecule has 1 unspecified atom stereocenters. The Bertz CT molecular complexity index is 571. The average molecular weight is 317 g/mol. The fourth-order valence-corrected chi connectivity index (χ4v) is 3.56. The fraction of sp³-hybridized carbons (Fsp3) is 0.600. The van der Waals surface area contributed by atoms with Crippen LogP contribution in [0.3, 0.4) is 0 Å². The monoisotopic (exact) mass is 317 g/mol. The topological polar surface area (TPSA) is 54.0 Å². The molecule has 3 atom stereocenters. The van der Waals surface area contributed by atoms with Crippen LogP contribution in [0.5, 0.6) is 0 Å². The Hall–Kier alpha value is -1.79. The third-order valence-electron chi connectivity index (χ3n) is 4.62. The van der Waals surface area contributed by atoms with E-state index in [1.807, 2.05) is 0 Å². The van der Waals surface area contributed by atoms with Crippen molar-refractivity contribution in [3.63, 3.8) is 0 Å². The molecule has 2 N–H and O–H groups in total. The number of hydrogen-bond acceptors (Lipinski definition) is 2. The predicted molar refractivity (Wildman–Crippen MR) is 78.1 cm³/mol. The number of rotatable bonds is 3. The van der Waals surface area contributed by atoms with Gasteiger partial charge in [-0.2, -0.15) is 13.2 Å². The molecule has 2 aliphatic rings. The molecule has 0 aromatic carbocycles. The molecule has 1 aromatic heterocycles. The van der Waals surface area contributed by atoms with Crippen molar-refractivity contribution >= 4 is 6.03 Å². The molecule has 2 amide bonds. The number of hydrogen-bond donors (Lipinski definition) is 2. The van der Waals surface area contributed by atoms with Crippen LogP contribution >= 0.6 is 0 Å². The molecule has 0 saturated heterocycles. The third-order valence-corrected chi connectivity index (χ3v) is 4.62. The lowest BCUT2D eigenvalue weighted by Crippen LogP contribution is -2.44. The number of nitrogens with one attached hydrogen (secondary N) is 2. The van der Waals surface area contributed by atoms with E-state index in [0.29, 0.717) is 11.5 Å². The lowest BCUT2D eigenvalue weighted by Gasteiger charge is -2.23. The summed E-state index contributed by atoms with van der Waals surface area (Å²) in [4.78, 5) is 15.2. The first-order valence-electron chi connectivity index (χ1n) is 7.48. The van der Waals surface area contributed by atoms with Crippen LogP contribution in [-0.4, -0.2) is 17.1 Å². The van der Waals surface area contributed by atoms with Crippen LogP contribution < -0.4 is 10.6 Å². The molecule has 22 heavy (non-hydrogen) atoms. The van der Waals surface area contributed by atoms with Gasteiger partial charge in [0.2, 0.25) is 0 Å². The van der Waals surface area contributed by atoms with E-state index in [-0.39, 0.29) is 21.5 Å². The quantitative estimate of drug-likeness (QED) is 0.895. The van der Waals surface area contributed by atoms with Gasteiger partial charge in [0.25, 0.3) is 0 Å². The van der Waals surface area contributed by atoms with Gasteiger partial charge in [-0.15, -0.1) is 0 Å².